The quantitative estimate of drug-likeness (QED) is 0.802. The Morgan fingerprint density at radius 1 is 1.04 bits per heavy atom. The van der Waals surface area contributed by atoms with Crippen LogP contribution in [-0.2, 0) is 15.6 Å². The van der Waals surface area contributed by atoms with Gasteiger partial charge in [0.05, 0.1) is 29.3 Å². The SMILES string of the molecule is O=S1(=O)C[C@H]2N=C(SCc3ccccc3F)N(c3ccccc3F)[C@H]2C1. The van der Waals surface area contributed by atoms with Crippen LogP contribution in [0, 0.1) is 11.6 Å². The van der Waals surface area contributed by atoms with Gasteiger partial charge in [-0.15, -0.1) is 0 Å². The van der Waals surface area contributed by atoms with Crippen molar-refractivity contribution in [1.82, 2.24) is 0 Å². The minimum Gasteiger partial charge on any atom is -0.312 e. The van der Waals surface area contributed by atoms with Crippen LogP contribution in [0.5, 0.6) is 0 Å². The summed E-state index contributed by atoms with van der Waals surface area (Å²) in [5.74, 6) is -0.496. The van der Waals surface area contributed by atoms with Crippen LogP contribution in [0.25, 0.3) is 0 Å². The summed E-state index contributed by atoms with van der Waals surface area (Å²) in [5.41, 5.74) is 0.829. The van der Waals surface area contributed by atoms with E-state index in [1.165, 1.54) is 23.9 Å². The maximum atomic E-state index is 14.4. The molecule has 0 amide bonds. The molecule has 0 radical (unpaired) electrons. The van der Waals surface area contributed by atoms with Gasteiger partial charge in [-0.3, -0.25) is 4.99 Å². The maximum Gasteiger partial charge on any atom is 0.164 e. The number of rotatable bonds is 3. The van der Waals surface area contributed by atoms with E-state index >= 15 is 0 Å². The molecule has 2 aromatic carbocycles. The van der Waals surface area contributed by atoms with Gasteiger partial charge in [-0.05, 0) is 23.8 Å². The number of sulfone groups is 1. The zero-order chi connectivity index (χ0) is 18.3. The summed E-state index contributed by atoms with van der Waals surface area (Å²) in [7, 11) is -3.20. The number of benzene rings is 2. The lowest BCUT2D eigenvalue weighted by atomic mass is 10.1. The highest BCUT2D eigenvalue weighted by Crippen LogP contribution is 2.37. The number of fused-ring (bicyclic) bond motifs is 1. The maximum absolute atomic E-state index is 14.4. The Kier molecular flexibility index (Phi) is 4.48. The molecule has 0 unspecified atom stereocenters. The second-order valence-electron chi connectivity index (χ2n) is 6.32. The molecule has 1 saturated heterocycles. The van der Waals surface area contributed by atoms with E-state index in [4.69, 9.17) is 0 Å². The first-order valence-corrected chi connectivity index (χ1v) is 10.9. The number of amidine groups is 1. The second kappa shape index (κ2) is 6.66. The lowest BCUT2D eigenvalue weighted by Gasteiger charge is -2.26. The summed E-state index contributed by atoms with van der Waals surface area (Å²) in [4.78, 5) is 6.19. The second-order valence-corrected chi connectivity index (χ2v) is 9.42. The lowest BCUT2D eigenvalue weighted by Crippen LogP contribution is -2.39. The number of hydrogen-bond donors (Lipinski definition) is 0. The highest BCUT2D eigenvalue weighted by molar-refractivity contribution is 8.13. The Bertz CT molecular complexity index is 979. The van der Waals surface area contributed by atoms with Crippen molar-refractivity contribution in [3.05, 3.63) is 65.7 Å². The first-order valence-electron chi connectivity index (χ1n) is 8.13. The molecule has 0 N–H and O–H groups in total. The van der Waals surface area contributed by atoms with Crippen molar-refractivity contribution in [3.8, 4) is 0 Å². The van der Waals surface area contributed by atoms with Gasteiger partial charge in [-0.25, -0.2) is 17.2 Å². The fourth-order valence-corrected chi connectivity index (χ4v) is 6.27. The summed E-state index contributed by atoms with van der Waals surface area (Å²) in [6.45, 7) is 0. The van der Waals surface area contributed by atoms with Gasteiger partial charge in [-0.2, -0.15) is 0 Å². The zero-order valence-corrected chi connectivity index (χ0v) is 15.3. The molecule has 1 fully saturated rings. The minimum absolute atomic E-state index is 0.0353. The Hall–Kier alpha value is -1.93. The molecule has 4 rings (SSSR count). The van der Waals surface area contributed by atoms with E-state index in [-0.39, 0.29) is 17.3 Å². The van der Waals surface area contributed by atoms with Gasteiger partial charge in [-0.1, -0.05) is 42.1 Å². The van der Waals surface area contributed by atoms with Crippen LogP contribution < -0.4 is 4.90 Å². The van der Waals surface area contributed by atoms with Crippen LogP contribution in [0.2, 0.25) is 0 Å². The number of para-hydroxylation sites is 1. The largest absolute Gasteiger partial charge is 0.312 e. The smallest absolute Gasteiger partial charge is 0.164 e. The van der Waals surface area contributed by atoms with Crippen molar-refractivity contribution < 1.29 is 17.2 Å². The molecule has 0 bridgehead atoms. The van der Waals surface area contributed by atoms with E-state index in [1.54, 1.807) is 41.3 Å². The van der Waals surface area contributed by atoms with E-state index in [9.17, 15) is 17.2 Å². The molecule has 2 atom stereocenters. The number of halogens is 2. The van der Waals surface area contributed by atoms with Crippen LogP contribution in [0.4, 0.5) is 14.5 Å². The molecular weight excluding hydrogens is 378 g/mol. The highest BCUT2D eigenvalue weighted by atomic mass is 32.2. The lowest BCUT2D eigenvalue weighted by molar-refractivity contribution is 0.600. The summed E-state index contributed by atoms with van der Waals surface area (Å²) in [5, 5.41) is 0.531. The van der Waals surface area contributed by atoms with Gasteiger partial charge in [0.1, 0.15) is 11.6 Å². The van der Waals surface area contributed by atoms with Gasteiger partial charge in [0, 0.05) is 5.75 Å². The number of thioether (sulfide) groups is 1. The fraction of sp³-hybridized carbons (Fsp3) is 0.278. The van der Waals surface area contributed by atoms with E-state index in [0.717, 1.165) is 0 Å². The van der Waals surface area contributed by atoms with Crippen molar-refractivity contribution in [2.45, 2.75) is 17.8 Å². The summed E-state index contributed by atoms with van der Waals surface area (Å²) in [6.07, 6.45) is 0. The average Bonchev–Trinajstić information content (AvgIpc) is 3.06. The minimum atomic E-state index is -3.20. The topological polar surface area (TPSA) is 49.7 Å². The van der Waals surface area contributed by atoms with Crippen molar-refractivity contribution >= 4 is 32.5 Å². The molecule has 0 aliphatic carbocycles. The molecule has 136 valence electrons. The van der Waals surface area contributed by atoms with E-state index in [0.29, 0.717) is 22.2 Å². The number of anilines is 1. The van der Waals surface area contributed by atoms with Gasteiger partial charge >= 0.3 is 0 Å². The molecule has 0 saturated carbocycles. The van der Waals surface area contributed by atoms with Crippen molar-refractivity contribution in [3.63, 3.8) is 0 Å². The predicted molar refractivity (Wildman–Crippen MR) is 100 cm³/mol. The van der Waals surface area contributed by atoms with Crippen molar-refractivity contribution in [1.29, 1.82) is 0 Å². The van der Waals surface area contributed by atoms with Crippen LogP contribution in [-0.4, -0.2) is 37.2 Å². The molecule has 2 heterocycles. The third-order valence-electron chi connectivity index (χ3n) is 4.53. The molecule has 0 aromatic heterocycles. The first-order chi connectivity index (χ1) is 12.4. The Morgan fingerprint density at radius 3 is 2.46 bits per heavy atom. The Labute approximate surface area is 154 Å². The summed E-state index contributed by atoms with van der Waals surface area (Å²) >= 11 is 1.29. The monoisotopic (exact) mass is 394 g/mol. The summed E-state index contributed by atoms with van der Waals surface area (Å²) in [6, 6.07) is 11.9. The number of nitrogens with zero attached hydrogens (tertiary/aromatic N) is 2. The molecular formula is C18H16F2N2O2S2. The zero-order valence-electron chi connectivity index (χ0n) is 13.7. The molecule has 4 nitrogen and oxygen atoms in total. The predicted octanol–water partition coefficient (Wildman–Crippen LogP) is 3.24. The van der Waals surface area contributed by atoms with Gasteiger partial charge in [0.2, 0.25) is 0 Å². The Morgan fingerprint density at radius 2 is 1.73 bits per heavy atom. The first kappa shape index (κ1) is 17.5. The van der Waals surface area contributed by atoms with Gasteiger partial charge in [0.25, 0.3) is 0 Å². The standard InChI is InChI=1S/C18H16F2N2O2S2/c19-13-6-2-1-5-12(13)9-25-18-21-15-10-26(23,24)11-17(15)22(18)16-8-4-3-7-14(16)20/h1-8,15,17H,9-11H2/t15-,17+/m1/s1. The van der Waals surface area contributed by atoms with Crippen molar-refractivity contribution in [2.75, 3.05) is 16.4 Å². The van der Waals surface area contributed by atoms with Crippen molar-refractivity contribution in [2.24, 2.45) is 4.99 Å². The molecule has 0 spiro atoms. The molecule has 2 aliphatic rings. The average molecular weight is 394 g/mol. The molecule has 26 heavy (non-hydrogen) atoms. The third-order valence-corrected chi connectivity index (χ3v) is 7.25. The van der Waals surface area contributed by atoms with E-state index < -0.39 is 27.7 Å². The summed E-state index contributed by atoms with van der Waals surface area (Å²) < 4.78 is 52.2. The van der Waals surface area contributed by atoms with Crippen LogP contribution >= 0.6 is 11.8 Å². The van der Waals surface area contributed by atoms with Crippen LogP contribution in [0.1, 0.15) is 5.56 Å². The highest BCUT2D eigenvalue weighted by Gasteiger charge is 2.47. The van der Waals surface area contributed by atoms with Crippen LogP contribution in [0.15, 0.2) is 53.5 Å². The third kappa shape index (κ3) is 3.23. The van der Waals surface area contributed by atoms with E-state index in [1.807, 2.05) is 0 Å². The normalized spacial score (nSPS) is 23.8. The molecule has 8 heteroatoms. The van der Waals surface area contributed by atoms with Gasteiger partial charge in [0.15, 0.2) is 15.0 Å². The molecule has 2 aliphatic heterocycles. The van der Waals surface area contributed by atoms with Gasteiger partial charge < -0.3 is 4.90 Å². The number of hydrogen-bond acceptors (Lipinski definition) is 5. The fourth-order valence-electron chi connectivity index (χ4n) is 3.32. The Balaban J connectivity index is 1.65. The molecule has 2 aromatic rings. The van der Waals surface area contributed by atoms with E-state index in [2.05, 4.69) is 4.99 Å². The van der Waals surface area contributed by atoms with Crippen LogP contribution in [0.3, 0.4) is 0 Å². The number of aliphatic imine (C=N–C) groups is 1.